The first-order valence-corrected chi connectivity index (χ1v) is 8.96. The molecule has 0 aliphatic carbocycles. The third kappa shape index (κ3) is 3.83. The van der Waals surface area contributed by atoms with E-state index in [4.69, 9.17) is 13.9 Å². The molecule has 0 radical (unpaired) electrons. The molecule has 2 heterocycles. The van der Waals surface area contributed by atoms with Crippen LogP contribution in [0.1, 0.15) is 17.0 Å². The molecule has 0 bridgehead atoms. The highest BCUT2D eigenvalue weighted by Crippen LogP contribution is 2.32. The highest BCUT2D eigenvalue weighted by molar-refractivity contribution is 5.78. The van der Waals surface area contributed by atoms with Crippen molar-refractivity contribution < 1.29 is 23.1 Å². The third-order valence-corrected chi connectivity index (χ3v) is 4.50. The third-order valence-electron chi connectivity index (χ3n) is 4.50. The monoisotopic (exact) mass is 382 g/mol. The van der Waals surface area contributed by atoms with Gasteiger partial charge in [-0.3, -0.25) is 4.79 Å². The number of halogens is 1. The van der Waals surface area contributed by atoms with Crippen LogP contribution in [0.3, 0.4) is 0 Å². The molecule has 4 rings (SSSR count). The van der Waals surface area contributed by atoms with Gasteiger partial charge in [-0.15, -0.1) is 0 Å². The number of oxazole rings is 1. The molecule has 3 aromatic rings. The lowest BCUT2D eigenvalue weighted by Crippen LogP contribution is -2.27. The van der Waals surface area contributed by atoms with Gasteiger partial charge < -0.3 is 19.2 Å². The molecule has 0 saturated carbocycles. The zero-order chi connectivity index (χ0) is 19.5. The minimum atomic E-state index is -0.413. The number of carbonyl (C=O) groups excluding carboxylic acids is 1. The lowest BCUT2D eigenvalue weighted by molar-refractivity contribution is -0.120. The number of carbonyl (C=O) groups is 1. The fourth-order valence-corrected chi connectivity index (χ4v) is 3.00. The van der Waals surface area contributed by atoms with E-state index in [1.54, 1.807) is 25.1 Å². The summed E-state index contributed by atoms with van der Waals surface area (Å²) in [6, 6.07) is 12.0. The molecule has 7 heteroatoms. The molecule has 0 atom stereocenters. The van der Waals surface area contributed by atoms with Crippen molar-refractivity contribution in [3.05, 3.63) is 65.3 Å². The van der Waals surface area contributed by atoms with Crippen LogP contribution in [-0.2, 0) is 17.6 Å². The first-order valence-electron chi connectivity index (χ1n) is 8.96. The summed E-state index contributed by atoms with van der Waals surface area (Å²) in [5.74, 6) is 1.56. The summed E-state index contributed by atoms with van der Waals surface area (Å²) in [6.07, 6.45) is 0.742. The van der Waals surface area contributed by atoms with Crippen molar-refractivity contribution in [2.75, 3.05) is 13.3 Å². The zero-order valence-corrected chi connectivity index (χ0v) is 15.3. The summed E-state index contributed by atoms with van der Waals surface area (Å²) in [7, 11) is 0. The van der Waals surface area contributed by atoms with Gasteiger partial charge in [-0.05, 0) is 43.2 Å². The molecule has 0 fully saturated rings. The van der Waals surface area contributed by atoms with Crippen LogP contribution in [0.5, 0.6) is 11.5 Å². The smallest absolute Gasteiger partial charge is 0.231 e. The van der Waals surface area contributed by atoms with E-state index in [1.165, 1.54) is 6.07 Å². The number of hydrogen-bond acceptors (Lipinski definition) is 5. The number of aryl methyl sites for hydroxylation is 1. The maximum Gasteiger partial charge on any atom is 0.231 e. The predicted octanol–water partition coefficient (Wildman–Crippen LogP) is 3.42. The summed E-state index contributed by atoms with van der Waals surface area (Å²) in [6.45, 7) is 2.43. The van der Waals surface area contributed by atoms with Crippen molar-refractivity contribution >= 4 is 5.91 Å². The number of benzene rings is 2. The Hall–Kier alpha value is -3.35. The molecule has 6 nitrogen and oxygen atoms in total. The van der Waals surface area contributed by atoms with Crippen LogP contribution in [0, 0.1) is 12.7 Å². The lowest BCUT2D eigenvalue weighted by atomic mass is 10.1. The van der Waals surface area contributed by atoms with Gasteiger partial charge in [-0.1, -0.05) is 18.2 Å². The van der Waals surface area contributed by atoms with Crippen LogP contribution in [0.25, 0.3) is 11.5 Å². The van der Waals surface area contributed by atoms with Crippen molar-refractivity contribution in [3.63, 3.8) is 0 Å². The predicted molar refractivity (Wildman–Crippen MR) is 99.6 cm³/mol. The van der Waals surface area contributed by atoms with E-state index in [1.807, 2.05) is 18.2 Å². The molecule has 1 aromatic heterocycles. The van der Waals surface area contributed by atoms with Crippen LogP contribution in [0.15, 0.2) is 46.9 Å². The second-order valence-electron chi connectivity index (χ2n) is 6.47. The highest BCUT2D eigenvalue weighted by Gasteiger charge is 2.17. The average Bonchev–Trinajstić information content (AvgIpc) is 3.28. The molecular weight excluding hydrogens is 363 g/mol. The normalized spacial score (nSPS) is 12.2. The second-order valence-corrected chi connectivity index (χ2v) is 6.47. The zero-order valence-electron chi connectivity index (χ0n) is 15.3. The Morgan fingerprint density at radius 2 is 2.00 bits per heavy atom. The topological polar surface area (TPSA) is 73.6 Å². The molecule has 1 amide bonds. The van der Waals surface area contributed by atoms with E-state index < -0.39 is 5.82 Å². The van der Waals surface area contributed by atoms with Crippen molar-refractivity contribution in [2.24, 2.45) is 0 Å². The number of rotatable bonds is 6. The summed E-state index contributed by atoms with van der Waals surface area (Å²) in [5.41, 5.74) is 1.82. The number of nitrogens with zero attached hydrogens (tertiary/aromatic N) is 1. The van der Waals surface area contributed by atoms with Gasteiger partial charge in [0.05, 0.1) is 17.7 Å². The summed E-state index contributed by atoms with van der Waals surface area (Å²) < 4.78 is 30.1. The number of ether oxygens (including phenoxy) is 2. The Bertz CT molecular complexity index is 1020. The minimum Gasteiger partial charge on any atom is -0.454 e. The molecular formula is C21H19FN2O4. The van der Waals surface area contributed by atoms with E-state index in [-0.39, 0.29) is 30.6 Å². The molecule has 1 N–H and O–H groups in total. The molecule has 1 aliphatic heterocycles. The maximum atomic E-state index is 13.9. The van der Waals surface area contributed by atoms with Gasteiger partial charge in [-0.2, -0.15) is 0 Å². The average molecular weight is 382 g/mol. The maximum absolute atomic E-state index is 13.9. The van der Waals surface area contributed by atoms with Gasteiger partial charge in [0.25, 0.3) is 0 Å². The lowest BCUT2D eigenvalue weighted by Gasteiger charge is -2.05. The second kappa shape index (κ2) is 7.72. The van der Waals surface area contributed by atoms with Gasteiger partial charge >= 0.3 is 0 Å². The molecule has 0 saturated heterocycles. The quantitative estimate of drug-likeness (QED) is 0.707. The Labute approximate surface area is 161 Å². The molecule has 144 valence electrons. The van der Waals surface area contributed by atoms with Crippen LogP contribution in [-0.4, -0.2) is 24.2 Å². The number of hydrogen-bond donors (Lipinski definition) is 1. The van der Waals surface area contributed by atoms with E-state index in [9.17, 15) is 9.18 Å². The number of nitrogens with one attached hydrogen (secondary N) is 1. The van der Waals surface area contributed by atoms with Gasteiger partial charge in [0, 0.05) is 6.54 Å². The van der Waals surface area contributed by atoms with E-state index in [0.29, 0.717) is 24.4 Å². The van der Waals surface area contributed by atoms with Gasteiger partial charge in [-0.25, -0.2) is 9.37 Å². The number of aromatic nitrogens is 1. The van der Waals surface area contributed by atoms with Crippen LogP contribution in [0.4, 0.5) is 4.39 Å². The molecule has 1 aliphatic rings. The standard InChI is InChI=1S/C21H19FN2O4/c1-13-17(24-21(28-13)15-4-2-3-5-16(15)22)11-20(25)23-9-8-14-6-7-18-19(10-14)27-12-26-18/h2-7,10H,8-9,11-12H2,1H3,(H,23,25). The van der Waals surface area contributed by atoms with E-state index in [2.05, 4.69) is 10.3 Å². The largest absolute Gasteiger partial charge is 0.454 e. The SMILES string of the molecule is Cc1oc(-c2ccccc2F)nc1CC(=O)NCCc1ccc2c(c1)OCO2. The molecule has 2 aromatic carbocycles. The van der Waals surface area contributed by atoms with Crippen LogP contribution < -0.4 is 14.8 Å². The van der Waals surface area contributed by atoms with Crippen LogP contribution in [0.2, 0.25) is 0 Å². The first kappa shape index (κ1) is 18.0. The fourth-order valence-electron chi connectivity index (χ4n) is 3.00. The molecule has 0 spiro atoms. The Morgan fingerprint density at radius 3 is 2.86 bits per heavy atom. The van der Waals surface area contributed by atoms with E-state index in [0.717, 1.165) is 17.1 Å². The first-order chi connectivity index (χ1) is 13.6. The Morgan fingerprint density at radius 1 is 1.18 bits per heavy atom. The van der Waals surface area contributed by atoms with E-state index >= 15 is 0 Å². The van der Waals surface area contributed by atoms with Crippen molar-refractivity contribution in [1.29, 1.82) is 0 Å². The molecule has 28 heavy (non-hydrogen) atoms. The molecule has 0 unspecified atom stereocenters. The van der Waals surface area contributed by atoms with Crippen molar-refractivity contribution in [1.82, 2.24) is 10.3 Å². The number of fused-ring (bicyclic) bond motifs is 1. The van der Waals surface area contributed by atoms with Crippen molar-refractivity contribution in [2.45, 2.75) is 19.8 Å². The number of amides is 1. The Kier molecular flexibility index (Phi) is 4.97. The summed E-state index contributed by atoms with van der Waals surface area (Å²) in [4.78, 5) is 16.5. The van der Waals surface area contributed by atoms with Gasteiger partial charge in [0.15, 0.2) is 11.5 Å². The summed E-state index contributed by atoms with van der Waals surface area (Å²) >= 11 is 0. The fraction of sp³-hybridized carbons (Fsp3) is 0.238. The van der Waals surface area contributed by atoms with Crippen molar-refractivity contribution in [3.8, 4) is 23.0 Å². The highest BCUT2D eigenvalue weighted by atomic mass is 19.1. The van der Waals surface area contributed by atoms with Gasteiger partial charge in [0.2, 0.25) is 18.6 Å². The minimum absolute atomic E-state index is 0.0743. The van der Waals surface area contributed by atoms with Crippen LogP contribution >= 0.6 is 0 Å². The summed E-state index contributed by atoms with van der Waals surface area (Å²) in [5, 5.41) is 2.87. The van der Waals surface area contributed by atoms with Gasteiger partial charge in [0.1, 0.15) is 11.6 Å². The Balaban J connectivity index is 1.33.